The summed E-state index contributed by atoms with van der Waals surface area (Å²) in [5.41, 5.74) is 5.48. The molecule has 216 valence electrons. The number of alkyl halides is 3. The predicted octanol–water partition coefficient (Wildman–Crippen LogP) is 4.25. The van der Waals surface area contributed by atoms with E-state index in [-0.39, 0.29) is 46.9 Å². The number of nitrogens with zero attached hydrogens (tertiary/aromatic N) is 4. The van der Waals surface area contributed by atoms with Crippen LogP contribution in [0.1, 0.15) is 35.3 Å². The van der Waals surface area contributed by atoms with Gasteiger partial charge in [0.2, 0.25) is 11.9 Å². The Morgan fingerprint density at radius 3 is 2.49 bits per heavy atom. The summed E-state index contributed by atoms with van der Waals surface area (Å²) in [6, 6.07) is 6.81. The maximum atomic E-state index is 14.0. The van der Waals surface area contributed by atoms with Gasteiger partial charge in [0, 0.05) is 42.2 Å². The number of halogens is 3. The highest BCUT2D eigenvalue weighted by atomic mass is 19.4. The van der Waals surface area contributed by atoms with Gasteiger partial charge in [0.25, 0.3) is 5.91 Å². The van der Waals surface area contributed by atoms with Crippen molar-refractivity contribution >= 4 is 41.0 Å². The molecule has 2 aromatic carbocycles. The number of nitrogens with one attached hydrogen (secondary N) is 2. The zero-order valence-electron chi connectivity index (χ0n) is 22.6. The molecule has 4 rings (SSSR count). The van der Waals surface area contributed by atoms with E-state index in [4.69, 9.17) is 10.5 Å². The van der Waals surface area contributed by atoms with Crippen LogP contribution in [0, 0.1) is 5.92 Å². The number of primary amides is 1. The fourth-order valence-corrected chi connectivity index (χ4v) is 4.47. The molecule has 11 nitrogen and oxygen atoms in total. The lowest BCUT2D eigenvalue weighted by atomic mass is 10.0. The number of ether oxygens (including phenoxy) is 1. The summed E-state index contributed by atoms with van der Waals surface area (Å²) in [5, 5.41) is 5.38. The summed E-state index contributed by atoms with van der Waals surface area (Å²) < 4.78 is 44.8. The lowest BCUT2D eigenvalue weighted by molar-refractivity contribution is -0.137. The van der Waals surface area contributed by atoms with E-state index in [0.717, 1.165) is 18.2 Å². The SMILES string of the molecule is CNc1ncc2c(n1)N(C(C(N)=O)C(C)C)C(=O)N(c1cc(NC(=O)c3cccc(C(F)(F)F)c3)cc(OC)c1)C2. The van der Waals surface area contributed by atoms with Crippen molar-refractivity contribution in [3.05, 3.63) is 65.4 Å². The van der Waals surface area contributed by atoms with E-state index in [0.29, 0.717) is 5.56 Å². The first-order valence-electron chi connectivity index (χ1n) is 12.5. The quantitative estimate of drug-likeness (QED) is 0.367. The third-order valence-corrected chi connectivity index (χ3v) is 6.41. The fourth-order valence-electron chi connectivity index (χ4n) is 4.47. The van der Waals surface area contributed by atoms with E-state index in [1.54, 1.807) is 27.0 Å². The van der Waals surface area contributed by atoms with Crippen LogP contribution in [-0.2, 0) is 17.5 Å². The van der Waals surface area contributed by atoms with Crippen LogP contribution in [-0.4, -0.2) is 48.0 Å². The first-order chi connectivity index (χ1) is 19.3. The Morgan fingerprint density at radius 2 is 1.88 bits per heavy atom. The zero-order chi connectivity index (χ0) is 30.1. The normalized spacial score (nSPS) is 14.0. The highest BCUT2D eigenvalue weighted by Crippen LogP contribution is 2.36. The van der Waals surface area contributed by atoms with Gasteiger partial charge in [-0.15, -0.1) is 0 Å². The first kappa shape index (κ1) is 29.1. The van der Waals surface area contributed by atoms with Crippen molar-refractivity contribution in [2.75, 3.05) is 34.6 Å². The van der Waals surface area contributed by atoms with Gasteiger partial charge in [0.05, 0.1) is 24.9 Å². The van der Waals surface area contributed by atoms with Crippen LogP contribution in [0.3, 0.4) is 0 Å². The van der Waals surface area contributed by atoms with Gasteiger partial charge in [-0.25, -0.2) is 9.78 Å². The van der Waals surface area contributed by atoms with Gasteiger partial charge in [-0.2, -0.15) is 18.2 Å². The van der Waals surface area contributed by atoms with Crippen molar-refractivity contribution in [1.82, 2.24) is 9.97 Å². The third kappa shape index (κ3) is 6.00. The van der Waals surface area contributed by atoms with Crippen LogP contribution in [0.5, 0.6) is 5.75 Å². The summed E-state index contributed by atoms with van der Waals surface area (Å²) in [6.07, 6.45) is -3.10. The number of hydrogen-bond acceptors (Lipinski definition) is 7. The van der Waals surface area contributed by atoms with Crippen LogP contribution in [0.4, 0.5) is 41.1 Å². The number of fused-ring (bicyclic) bond motifs is 1. The molecule has 0 fully saturated rings. The van der Waals surface area contributed by atoms with Gasteiger partial charge in [-0.05, 0) is 30.2 Å². The molecule has 1 atom stereocenters. The Kier molecular flexibility index (Phi) is 8.03. The van der Waals surface area contributed by atoms with Crippen molar-refractivity contribution in [2.45, 2.75) is 32.6 Å². The minimum Gasteiger partial charge on any atom is -0.497 e. The van der Waals surface area contributed by atoms with E-state index >= 15 is 0 Å². The lowest BCUT2D eigenvalue weighted by Gasteiger charge is -2.40. The molecular formula is C27H28F3N7O4. The van der Waals surface area contributed by atoms with E-state index < -0.39 is 35.6 Å². The number of urea groups is 1. The highest BCUT2D eigenvalue weighted by molar-refractivity contribution is 6.10. The molecule has 0 saturated carbocycles. The number of aromatic nitrogens is 2. The number of benzene rings is 2. The van der Waals surface area contributed by atoms with E-state index in [1.807, 2.05) is 0 Å². The summed E-state index contributed by atoms with van der Waals surface area (Å²) >= 11 is 0. The minimum absolute atomic E-state index is 0.00637. The third-order valence-electron chi connectivity index (χ3n) is 6.41. The molecule has 1 aliphatic heterocycles. The molecule has 41 heavy (non-hydrogen) atoms. The molecule has 2 heterocycles. The standard InChI is InChI=1S/C27H28F3N7O4/c1-14(2)21(22(31)38)37-23-16(12-33-25(32-3)35-23)13-36(26(37)40)19-9-18(10-20(11-19)41-4)34-24(39)15-6-5-7-17(8-15)27(28,29)30/h5-12,14,21H,13H2,1-4H3,(H2,31,38)(H,34,39)(H,32,33,35). The second kappa shape index (κ2) is 11.3. The monoisotopic (exact) mass is 571 g/mol. The number of carbonyl (C=O) groups excluding carboxylic acids is 3. The maximum Gasteiger partial charge on any atom is 0.416 e. The van der Waals surface area contributed by atoms with Gasteiger partial charge in [0.1, 0.15) is 17.6 Å². The second-order valence-electron chi connectivity index (χ2n) is 9.57. The molecule has 1 aliphatic rings. The van der Waals surface area contributed by atoms with Crippen LogP contribution in [0.2, 0.25) is 0 Å². The van der Waals surface area contributed by atoms with Crippen molar-refractivity contribution in [1.29, 1.82) is 0 Å². The molecule has 0 saturated heterocycles. The zero-order valence-corrected chi connectivity index (χ0v) is 22.6. The topological polar surface area (TPSA) is 143 Å². The largest absolute Gasteiger partial charge is 0.497 e. The molecule has 0 spiro atoms. The number of nitrogens with two attached hydrogens (primary N) is 1. The number of amides is 4. The minimum atomic E-state index is -4.62. The summed E-state index contributed by atoms with van der Waals surface area (Å²) in [7, 11) is 2.99. The van der Waals surface area contributed by atoms with Crippen LogP contribution in [0.15, 0.2) is 48.7 Å². The average Bonchev–Trinajstić information content (AvgIpc) is 2.93. The van der Waals surface area contributed by atoms with Gasteiger partial charge in [-0.1, -0.05) is 19.9 Å². The number of carbonyl (C=O) groups is 3. The Hall–Kier alpha value is -4.88. The molecule has 3 aromatic rings. The number of methoxy groups -OCH3 is 1. The average molecular weight is 572 g/mol. The predicted molar refractivity (Wildman–Crippen MR) is 146 cm³/mol. The van der Waals surface area contributed by atoms with Gasteiger partial charge >= 0.3 is 12.2 Å². The molecule has 1 aromatic heterocycles. The van der Waals surface area contributed by atoms with Crippen molar-refractivity contribution < 1.29 is 32.3 Å². The first-order valence-corrected chi connectivity index (χ1v) is 12.5. The highest BCUT2D eigenvalue weighted by Gasteiger charge is 2.41. The van der Waals surface area contributed by atoms with Gasteiger partial charge in [0.15, 0.2) is 0 Å². The van der Waals surface area contributed by atoms with Gasteiger partial charge < -0.3 is 21.1 Å². The summed E-state index contributed by atoms with van der Waals surface area (Å²) in [6.45, 7) is 3.50. The Morgan fingerprint density at radius 1 is 1.15 bits per heavy atom. The number of hydrogen-bond donors (Lipinski definition) is 3. The van der Waals surface area contributed by atoms with Crippen molar-refractivity contribution in [2.24, 2.45) is 11.7 Å². The van der Waals surface area contributed by atoms with Crippen molar-refractivity contribution in [3.8, 4) is 5.75 Å². The summed E-state index contributed by atoms with van der Waals surface area (Å²) in [5.74, 6) is -1.18. The number of anilines is 4. The van der Waals surface area contributed by atoms with E-state index in [1.165, 1.54) is 41.3 Å². The number of rotatable bonds is 8. The molecule has 4 amide bonds. The molecule has 0 bridgehead atoms. The molecule has 0 radical (unpaired) electrons. The second-order valence-corrected chi connectivity index (χ2v) is 9.57. The molecule has 14 heteroatoms. The van der Waals surface area contributed by atoms with Crippen molar-refractivity contribution in [3.63, 3.8) is 0 Å². The van der Waals surface area contributed by atoms with Gasteiger partial charge in [-0.3, -0.25) is 19.4 Å². The Balaban J connectivity index is 1.75. The molecular weight excluding hydrogens is 543 g/mol. The van der Waals surface area contributed by atoms with E-state index in [2.05, 4.69) is 20.6 Å². The van der Waals surface area contributed by atoms with E-state index in [9.17, 15) is 27.6 Å². The van der Waals surface area contributed by atoms with Crippen LogP contribution in [0.25, 0.3) is 0 Å². The van der Waals surface area contributed by atoms with Crippen LogP contribution >= 0.6 is 0 Å². The Bertz CT molecular complexity index is 1500. The lowest BCUT2D eigenvalue weighted by Crippen LogP contribution is -2.58. The molecule has 0 aliphatic carbocycles. The maximum absolute atomic E-state index is 14.0. The molecule has 4 N–H and O–H groups in total. The fraction of sp³-hybridized carbons (Fsp3) is 0.296. The molecule has 1 unspecified atom stereocenters. The Labute approximate surface area is 233 Å². The summed E-state index contributed by atoms with van der Waals surface area (Å²) in [4.78, 5) is 50.5. The smallest absolute Gasteiger partial charge is 0.416 e. The van der Waals surface area contributed by atoms with Crippen LogP contribution < -0.4 is 30.9 Å².